The van der Waals surface area contributed by atoms with Crippen molar-refractivity contribution in [2.24, 2.45) is 11.7 Å². The normalized spacial score (nSPS) is 12.6. The van der Waals surface area contributed by atoms with Crippen LogP contribution in [0.1, 0.15) is 46.2 Å². The Morgan fingerprint density at radius 2 is 2.10 bits per heavy atom. The zero-order valence-electron chi connectivity index (χ0n) is 18.3. The molecule has 0 aromatic carbocycles. The maximum absolute atomic E-state index is 10.0. The summed E-state index contributed by atoms with van der Waals surface area (Å²) in [6, 6.07) is 0. The standard InChI is InChI=1S/C21H29N7O3/c1-5-7-13(10-22)12-30-15-11-24-14(8-9-21(3,4)29)16-18(15)28(6-2)20(25-16)17-19(23)27-31-26-17/h11,13,29H,5-7,10,12,22H2,1-4H3,(H2,23,27). The van der Waals surface area contributed by atoms with E-state index in [1.165, 1.54) is 0 Å². The van der Waals surface area contributed by atoms with Crippen molar-refractivity contribution in [1.29, 1.82) is 0 Å². The molecule has 0 bridgehead atoms. The summed E-state index contributed by atoms with van der Waals surface area (Å²) >= 11 is 0. The number of nitrogens with two attached hydrogens (primary N) is 2. The van der Waals surface area contributed by atoms with Crippen molar-refractivity contribution in [2.75, 3.05) is 18.9 Å². The number of aryl methyl sites for hydroxylation is 1. The summed E-state index contributed by atoms with van der Waals surface area (Å²) in [5.41, 5.74) is 12.6. The Morgan fingerprint density at radius 3 is 2.68 bits per heavy atom. The van der Waals surface area contributed by atoms with E-state index in [2.05, 4.69) is 34.1 Å². The van der Waals surface area contributed by atoms with Gasteiger partial charge in [0.25, 0.3) is 0 Å². The predicted molar refractivity (Wildman–Crippen MR) is 117 cm³/mol. The van der Waals surface area contributed by atoms with Crippen LogP contribution in [0, 0.1) is 17.8 Å². The van der Waals surface area contributed by atoms with Crippen LogP contribution in [-0.2, 0) is 6.54 Å². The smallest absolute Gasteiger partial charge is 0.199 e. The van der Waals surface area contributed by atoms with E-state index in [9.17, 15) is 5.11 Å². The summed E-state index contributed by atoms with van der Waals surface area (Å²) in [7, 11) is 0. The molecular formula is C21H29N7O3. The van der Waals surface area contributed by atoms with Gasteiger partial charge in [-0.3, -0.25) is 0 Å². The van der Waals surface area contributed by atoms with Crippen molar-refractivity contribution in [1.82, 2.24) is 24.8 Å². The van der Waals surface area contributed by atoms with Gasteiger partial charge in [0.2, 0.25) is 0 Å². The van der Waals surface area contributed by atoms with Gasteiger partial charge in [-0.05, 0) is 50.0 Å². The quantitative estimate of drug-likeness (QED) is 0.458. The number of rotatable bonds is 8. The number of imidazole rings is 1. The number of nitrogen functional groups attached to an aromatic ring is 1. The van der Waals surface area contributed by atoms with Crippen LogP contribution >= 0.6 is 0 Å². The third-order valence-corrected chi connectivity index (χ3v) is 4.77. The summed E-state index contributed by atoms with van der Waals surface area (Å²) < 4.78 is 12.8. The molecule has 0 radical (unpaired) electrons. The Balaban J connectivity index is 2.17. The fraction of sp³-hybridized carbons (Fsp3) is 0.524. The van der Waals surface area contributed by atoms with Crippen LogP contribution in [0.25, 0.3) is 22.6 Å². The molecule has 10 nitrogen and oxygen atoms in total. The fourth-order valence-corrected chi connectivity index (χ4v) is 3.25. The Morgan fingerprint density at radius 1 is 1.32 bits per heavy atom. The monoisotopic (exact) mass is 427 g/mol. The Kier molecular flexibility index (Phi) is 6.77. The van der Waals surface area contributed by atoms with E-state index in [1.807, 2.05) is 11.5 Å². The van der Waals surface area contributed by atoms with Crippen molar-refractivity contribution in [3.63, 3.8) is 0 Å². The molecule has 0 aliphatic heterocycles. The van der Waals surface area contributed by atoms with Gasteiger partial charge in [0.05, 0.1) is 12.8 Å². The Hall–Kier alpha value is -3.16. The summed E-state index contributed by atoms with van der Waals surface area (Å²) in [4.78, 5) is 9.15. The summed E-state index contributed by atoms with van der Waals surface area (Å²) in [6.07, 6.45) is 3.62. The number of ether oxygens (including phenoxy) is 1. The second kappa shape index (κ2) is 9.32. The highest BCUT2D eigenvalue weighted by atomic mass is 16.6. The number of hydrogen-bond donors (Lipinski definition) is 3. The number of pyridine rings is 1. The van der Waals surface area contributed by atoms with Crippen molar-refractivity contribution in [2.45, 2.75) is 52.7 Å². The van der Waals surface area contributed by atoms with Gasteiger partial charge in [0, 0.05) is 12.5 Å². The highest BCUT2D eigenvalue weighted by Crippen LogP contribution is 2.33. The number of fused-ring (bicyclic) bond motifs is 1. The van der Waals surface area contributed by atoms with Crippen LogP contribution in [-0.4, -0.2) is 48.7 Å². The first-order valence-electron chi connectivity index (χ1n) is 10.3. The van der Waals surface area contributed by atoms with E-state index in [4.69, 9.17) is 25.8 Å². The SMILES string of the molecule is CCCC(CN)COc1cnc(C#CC(C)(C)O)c2nc(-c3nonc3N)n(CC)c12. The fourth-order valence-electron chi connectivity index (χ4n) is 3.25. The average molecular weight is 428 g/mol. The van der Waals surface area contributed by atoms with Gasteiger partial charge in [-0.1, -0.05) is 19.3 Å². The molecule has 0 fully saturated rings. The second-order valence-electron chi connectivity index (χ2n) is 7.86. The van der Waals surface area contributed by atoms with Gasteiger partial charge < -0.3 is 25.9 Å². The first-order chi connectivity index (χ1) is 14.8. The van der Waals surface area contributed by atoms with Crippen molar-refractivity contribution >= 4 is 16.9 Å². The van der Waals surface area contributed by atoms with Gasteiger partial charge in [-0.25, -0.2) is 14.6 Å². The lowest BCUT2D eigenvalue weighted by Crippen LogP contribution is -2.21. The summed E-state index contributed by atoms with van der Waals surface area (Å²) in [5.74, 6) is 7.12. The average Bonchev–Trinajstić information content (AvgIpc) is 3.32. The van der Waals surface area contributed by atoms with Gasteiger partial charge in [-0.2, -0.15) is 0 Å². The molecule has 0 spiro atoms. The van der Waals surface area contributed by atoms with E-state index in [-0.39, 0.29) is 11.7 Å². The van der Waals surface area contributed by atoms with Gasteiger partial charge in [-0.15, -0.1) is 0 Å². The van der Waals surface area contributed by atoms with Crippen LogP contribution in [0.2, 0.25) is 0 Å². The lowest BCUT2D eigenvalue weighted by Gasteiger charge is -2.16. The number of nitrogens with zero attached hydrogens (tertiary/aromatic N) is 5. The lowest BCUT2D eigenvalue weighted by atomic mass is 10.1. The Bertz CT molecular complexity index is 1100. The van der Waals surface area contributed by atoms with Crippen LogP contribution in [0.15, 0.2) is 10.8 Å². The molecule has 31 heavy (non-hydrogen) atoms. The van der Waals surface area contributed by atoms with Gasteiger partial charge in [0.15, 0.2) is 23.1 Å². The minimum absolute atomic E-state index is 0.135. The minimum atomic E-state index is -1.17. The van der Waals surface area contributed by atoms with Crippen LogP contribution in [0.3, 0.4) is 0 Å². The molecule has 0 saturated heterocycles. The molecule has 0 aliphatic rings. The first kappa shape index (κ1) is 22.5. The molecule has 166 valence electrons. The van der Waals surface area contributed by atoms with E-state index in [0.29, 0.717) is 53.7 Å². The van der Waals surface area contributed by atoms with E-state index in [1.54, 1.807) is 20.0 Å². The molecule has 0 aliphatic carbocycles. The zero-order chi connectivity index (χ0) is 22.6. The lowest BCUT2D eigenvalue weighted by molar-refractivity contribution is 0.143. The summed E-state index contributed by atoms with van der Waals surface area (Å²) in [5, 5.41) is 17.6. The highest BCUT2D eigenvalue weighted by Gasteiger charge is 2.23. The molecule has 1 unspecified atom stereocenters. The molecule has 3 rings (SSSR count). The van der Waals surface area contributed by atoms with Gasteiger partial charge >= 0.3 is 0 Å². The van der Waals surface area contributed by atoms with Crippen LogP contribution in [0.4, 0.5) is 5.82 Å². The minimum Gasteiger partial charge on any atom is -0.489 e. The van der Waals surface area contributed by atoms with Crippen molar-refractivity contribution in [3.05, 3.63) is 11.9 Å². The maximum atomic E-state index is 10.0. The van der Waals surface area contributed by atoms with Crippen LogP contribution < -0.4 is 16.2 Å². The molecular weight excluding hydrogens is 398 g/mol. The topological polar surface area (TPSA) is 151 Å². The second-order valence-corrected chi connectivity index (χ2v) is 7.86. The Labute approximate surface area is 180 Å². The number of aliphatic hydroxyl groups is 1. The molecule has 3 heterocycles. The highest BCUT2D eigenvalue weighted by molar-refractivity contribution is 5.89. The molecule has 10 heteroatoms. The largest absolute Gasteiger partial charge is 0.489 e. The van der Waals surface area contributed by atoms with Crippen molar-refractivity contribution < 1.29 is 14.5 Å². The number of anilines is 1. The molecule has 1 atom stereocenters. The molecule has 3 aromatic heterocycles. The molecule has 5 N–H and O–H groups in total. The van der Waals surface area contributed by atoms with E-state index < -0.39 is 5.60 Å². The third-order valence-electron chi connectivity index (χ3n) is 4.77. The summed E-state index contributed by atoms with van der Waals surface area (Å²) in [6.45, 7) is 8.87. The van der Waals surface area contributed by atoms with Crippen molar-refractivity contribution in [3.8, 4) is 29.1 Å². The first-order valence-corrected chi connectivity index (χ1v) is 10.3. The maximum Gasteiger partial charge on any atom is 0.199 e. The van der Waals surface area contributed by atoms with Gasteiger partial charge in [0.1, 0.15) is 22.3 Å². The zero-order valence-corrected chi connectivity index (χ0v) is 18.3. The molecule has 0 saturated carbocycles. The molecule has 0 amide bonds. The third kappa shape index (κ3) is 4.95. The molecule has 3 aromatic rings. The van der Waals surface area contributed by atoms with E-state index in [0.717, 1.165) is 12.8 Å². The number of aromatic nitrogens is 5. The number of hydrogen-bond acceptors (Lipinski definition) is 9. The van der Waals surface area contributed by atoms with Crippen LogP contribution in [0.5, 0.6) is 5.75 Å². The predicted octanol–water partition coefficient (Wildman–Crippen LogP) is 1.96. The van der Waals surface area contributed by atoms with E-state index >= 15 is 0 Å².